The Morgan fingerprint density at radius 2 is 1.68 bits per heavy atom. The lowest BCUT2D eigenvalue weighted by molar-refractivity contribution is -0.129. The SMILES string of the molecule is CCN(CC)C(C)(CC)C(=O)Cc1ccc(O)cc1. The number of phenolic OH excluding ortho intramolecular Hbond substituents is 1. The van der Waals surface area contributed by atoms with Crippen LogP contribution in [0, 0.1) is 0 Å². The molecule has 1 atom stereocenters. The molecule has 0 aromatic heterocycles. The lowest BCUT2D eigenvalue weighted by Crippen LogP contribution is -2.52. The van der Waals surface area contributed by atoms with E-state index in [9.17, 15) is 9.90 Å². The van der Waals surface area contributed by atoms with Crippen LogP contribution in [0.5, 0.6) is 5.75 Å². The van der Waals surface area contributed by atoms with E-state index in [0.29, 0.717) is 6.42 Å². The highest BCUT2D eigenvalue weighted by molar-refractivity contribution is 5.89. The molecule has 0 amide bonds. The number of ketones is 1. The summed E-state index contributed by atoms with van der Waals surface area (Å²) in [6, 6.07) is 6.88. The maximum atomic E-state index is 12.6. The average molecular weight is 263 g/mol. The van der Waals surface area contributed by atoms with Crippen molar-refractivity contribution >= 4 is 5.78 Å². The lowest BCUT2D eigenvalue weighted by Gasteiger charge is -2.38. The van der Waals surface area contributed by atoms with Gasteiger partial charge in [-0.3, -0.25) is 9.69 Å². The Bertz CT molecular complexity index is 409. The van der Waals surface area contributed by atoms with Crippen LogP contribution < -0.4 is 0 Å². The molecular weight excluding hydrogens is 238 g/mol. The van der Waals surface area contributed by atoms with Gasteiger partial charge in [-0.25, -0.2) is 0 Å². The Labute approximate surface area is 116 Å². The average Bonchev–Trinajstić information content (AvgIpc) is 2.42. The van der Waals surface area contributed by atoms with Gasteiger partial charge in [-0.2, -0.15) is 0 Å². The minimum Gasteiger partial charge on any atom is -0.508 e. The molecule has 0 aliphatic carbocycles. The van der Waals surface area contributed by atoms with Crippen LogP contribution in [0.3, 0.4) is 0 Å². The molecule has 0 bridgehead atoms. The fraction of sp³-hybridized carbons (Fsp3) is 0.562. The van der Waals surface area contributed by atoms with Crippen molar-refractivity contribution in [1.29, 1.82) is 0 Å². The van der Waals surface area contributed by atoms with Crippen LogP contribution in [-0.2, 0) is 11.2 Å². The van der Waals surface area contributed by atoms with Gasteiger partial charge in [0.15, 0.2) is 5.78 Å². The molecule has 1 aromatic rings. The van der Waals surface area contributed by atoms with Crippen molar-refractivity contribution in [2.75, 3.05) is 13.1 Å². The van der Waals surface area contributed by atoms with E-state index in [2.05, 4.69) is 25.7 Å². The van der Waals surface area contributed by atoms with Crippen molar-refractivity contribution in [2.45, 2.75) is 46.1 Å². The second kappa shape index (κ2) is 6.71. The molecule has 1 aromatic carbocycles. The number of hydrogen-bond acceptors (Lipinski definition) is 3. The number of hydrogen-bond donors (Lipinski definition) is 1. The minimum atomic E-state index is -0.401. The quantitative estimate of drug-likeness (QED) is 0.822. The predicted octanol–water partition coefficient (Wildman–Crippen LogP) is 3.01. The van der Waals surface area contributed by atoms with Crippen LogP contribution in [0.25, 0.3) is 0 Å². The van der Waals surface area contributed by atoms with Crippen molar-refractivity contribution in [3.05, 3.63) is 29.8 Å². The summed E-state index contributed by atoms with van der Waals surface area (Å²) < 4.78 is 0. The number of aromatic hydroxyl groups is 1. The van der Waals surface area contributed by atoms with Crippen LogP contribution in [-0.4, -0.2) is 34.4 Å². The third kappa shape index (κ3) is 3.57. The zero-order valence-corrected chi connectivity index (χ0v) is 12.4. The number of likely N-dealkylation sites (N-methyl/N-ethyl adjacent to an activating group) is 1. The molecule has 1 rings (SSSR count). The molecule has 3 nitrogen and oxygen atoms in total. The topological polar surface area (TPSA) is 40.5 Å². The smallest absolute Gasteiger partial charge is 0.157 e. The van der Waals surface area contributed by atoms with Gasteiger partial charge in [0.1, 0.15) is 5.75 Å². The summed E-state index contributed by atoms with van der Waals surface area (Å²) in [5, 5.41) is 9.27. The second-order valence-corrected chi connectivity index (χ2v) is 5.07. The Kier molecular flexibility index (Phi) is 5.55. The fourth-order valence-electron chi connectivity index (χ4n) is 2.51. The number of carbonyl (C=O) groups excluding carboxylic acids is 1. The zero-order valence-electron chi connectivity index (χ0n) is 12.4. The van der Waals surface area contributed by atoms with Crippen molar-refractivity contribution < 1.29 is 9.90 Å². The molecule has 0 saturated carbocycles. The third-order valence-electron chi connectivity index (χ3n) is 4.05. The van der Waals surface area contributed by atoms with Crippen molar-refractivity contribution in [3.63, 3.8) is 0 Å². The number of rotatable bonds is 7. The van der Waals surface area contributed by atoms with E-state index in [1.165, 1.54) is 0 Å². The first kappa shape index (κ1) is 15.7. The number of phenols is 1. The highest BCUT2D eigenvalue weighted by Gasteiger charge is 2.35. The molecule has 0 aliphatic heterocycles. The molecule has 0 aliphatic rings. The summed E-state index contributed by atoms with van der Waals surface area (Å²) in [4.78, 5) is 14.8. The van der Waals surface area contributed by atoms with Crippen LogP contribution >= 0.6 is 0 Å². The Hall–Kier alpha value is -1.35. The first-order valence-corrected chi connectivity index (χ1v) is 7.04. The summed E-state index contributed by atoms with van der Waals surface area (Å²) in [5.74, 6) is 0.475. The maximum Gasteiger partial charge on any atom is 0.157 e. The van der Waals surface area contributed by atoms with E-state index < -0.39 is 5.54 Å². The standard InChI is InChI=1S/C16H25NO2/c1-5-16(4,17(6-2)7-3)15(19)12-13-8-10-14(18)11-9-13/h8-11,18H,5-7,12H2,1-4H3. The number of carbonyl (C=O) groups is 1. The molecule has 0 fully saturated rings. The van der Waals surface area contributed by atoms with Gasteiger partial charge in [0.25, 0.3) is 0 Å². The summed E-state index contributed by atoms with van der Waals surface area (Å²) >= 11 is 0. The summed E-state index contributed by atoms with van der Waals surface area (Å²) in [6.45, 7) is 10.0. The molecule has 0 radical (unpaired) electrons. The first-order valence-electron chi connectivity index (χ1n) is 7.04. The fourth-order valence-corrected chi connectivity index (χ4v) is 2.51. The van der Waals surface area contributed by atoms with E-state index in [1.807, 2.05) is 19.1 Å². The van der Waals surface area contributed by atoms with E-state index in [-0.39, 0.29) is 11.5 Å². The zero-order chi connectivity index (χ0) is 14.5. The van der Waals surface area contributed by atoms with Crippen LogP contribution in [0.1, 0.15) is 39.7 Å². The molecule has 106 valence electrons. The highest BCUT2D eigenvalue weighted by Crippen LogP contribution is 2.23. The maximum absolute atomic E-state index is 12.6. The highest BCUT2D eigenvalue weighted by atomic mass is 16.3. The van der Waals surface area contributed by atoms with Gasteiger partial charge < -0.3 is 5.11 Å². The molecule has 0 spiro atoms. The summed E-state index contributed by atoms with van der Waals surface area (Å²) in [6.07, 6.45) is 1.23. The van der Waals surface area contributed by atoms with Gasteiger partial charge in [0, 0.05) is 6.42 Å². The Morgan fingerprint density at radius 1 is 1.16 bits per heavy atom. The minimum absolute atomic E-state index is 0.234. The number of benzene rings is 1. The van der Waals surface area contributed by atoms with Gasteiger partial charge in [0.05, 0.1) is 5.54 Å². The summed E-state index contributed by atoms with van der Waals surface area (Å²) in [7, 11) is 0. The number of nitrogens with zero attached hydrogens (tertiary/aromatic N) is 1. The Balaban J connectivity index is 2.87. The monoisotopic (exact) mass is 263 g/mol. The molecule has 19 heavy (non-hydrogen) atoms. The van der Waals surface area contributed by atoms with Crippen molar-refractivity contribution in [2.24, 2.45) is 0 Å². The van der Waals surface area contributed by atoms with E-state index in [0.717, 1.165) is 25.1 Å². The van der Waals surface area contributed by atoms with Gasteiger partial charge in [-0.15, -0.1) is 0 Å². The van der Waals surface area contributed by atoms with Crippen molar-refractivity contribution in [3.8, 4) is 5.75 Å². The van der Waals surface area contributed by atoms with E-state index in [4.69, 9.17) is 0 Å². The Morgan fingerprint density at radius 3 is 2.11 bits per heavy atom. The lowest BCUT2D eigenvalue weighted by atomic mass is 9.87. The van der Waals surface area contributed by atoms with Gasteiger partial charge >= 0.3 is 0 Å². The molecular formula is C16H25NO2. The van der Waals surface area contributed by atoms with Crippen LogP contribution in [0.15, 0.2) is 24.3 Å². The largest absolute Gasteiger partial charge is 0.508 e. The first-order chi connectivity index (χ1) is 8.97. The van der Waals surface area contributed by atoms with E-state index >= 15 is 0 Å². The number of Topliss-reactive ketones (excluding diaryl/α,β-unsaturated/α-hetero) is 1. The van der Waals surface area contributed by atoms with E-state index in [1.54, 1.807) is 12.1 Å². The molecule has 1 N–H and O–H groups in total. The molecule has 0 saturated heterocycles. The van der Waals surface area contributed by atoms with Crippen LogP contribution in [0.4, 0.5) is 0 Å². The summed E-state index contributed by atoms with van der Waals surface area (Å²) in [5.41, 5.74) is 0.552. The molecule has 1 unspecified atom stereocenters. The van der Waals surface area contributed by atoms with Gasteiger partial charge in [0.2, 0.25) is 0 Å². The van der Waals surface area contributed by atoms with Gasteiger partial charge in [-0.05, 0) is 44.1 Å². The third-order valence-corrected chi connectivity index (χ3v) is 4.05. The van der Waals surface area contributed by atoms with Gasteiger partial charge in [-0.1, -0.05) is 32.9 Å². The second-order valence-electron chi connectivity index (χ2n) is 5.07. The van der Waals surface area contributed by atoms with Crippen LogP contribution in [0.2, 0.25) is 0 Å². The predicted molar refractivity (Wildman–Crippen MR) is 78.4 cm³/mol. The molecule has 3 heteroatoms. The molecule has 0 heterocycles. The van der Waals surface area contributed by atoms with Crippen molar-refractivity contribution in [1.82, 2.24) is 4.90 Å². The normalized spacial score (nSPS) is 14.4.